The molecule has 0 bridgehead atoms. The maximum atomic E-state index is 13.4. The molecule has 0 fully saturated rings. The predicted octanol–water partition coefficient (Wildman–Crippen LogP) is 5.25. The minimum atomic E-state index is -0.251. The third-order valence-corrected chi connectivity index (χ3v) is 4.35. The Labute approximate surface area is 151 Å². The topological polar surface area (TPSA) is 51.0 Å². The molecule has 0 spiro atoms. The van der Waals surface area contributed by atoms with Crippen LogP contribution in [0.5, 0.6) is 0 Å². The van der Waals surface area contributed by atoms with E-state index in [2.05, 4.69) is 22.4 Å². The minimum Gasteiger partial charge on any atom is -0.337 e. The van der Waals surface area contributed by atoms with Crippen molar-refractivity contribution in [2.24, 2.45) is 0 Å². The van der Waals surface area contributed by atoms with Gasteiger partial charge in [-0.2, -0.15) is 4.98 Å². The Morgan fingerprint density at radius 2 is 1.80 bits per heavy atom. The number of nitrogens with zero attached hydrogens (tertiary/aromatic N) is 2. The molecular weight excluding hydrogens is 341 g/mol. The first-order valence-corrected chi connectivity index (χ1v) is 8.43. The summed E-state index contributed by atoms with van der Waals surface area (Å²) in [6.07, 6.45) is 0. The fraction of sp³-hybridized carbons (Fsp3) is 0.263. The van der Waals surface area contributed by atoms with E-state index in [9.17, 15) is 4.39 Å². The van der Waals surface area contributed by atoms with Crippen LogP contribution < -0.4 is 5.32 Å². The van der Waals surface area contributed by atoms with Gasteiger partial charge in [0, 0.05) is 16.6 Å². The number of rotatable bonds is 5. The molecule has 2 atom stereocenters. The van der Waals surface area contributed by atoms with Crippen molar-refractivity contribution in [3.63, 3.8) is 0 Å². The van der Waals surface area contributed by atoms with Crippen molar-refractivity contribution in [1.82, 2.24) is 15.5 Å². The van der Waals surface area contributed by atoms with Crippen LogP contribution in [0.3, 0.4) is 0 Å². The summed E-state index contributed by atoms with van der Waals surface area (Å²) >= 11 is 5.92. The maximum absolute atomic E-state index is 13.4. The van der Waals surface area contributed by atoms with Crippen molar-refractivity contribution >= 4 is 11.6 Å². The Hall–Kier alpha value is -2.24. The molecule has 3 aromatic rings. The van der Waals surface area contributed by atoms with Gasteiger partial charge in [0.15, 0.2) is 0 Å². The molecule has 0 saturated heterocycles. The summed E-state index contributed by atoms with van der Waals surface area (Å²) in [5.41, 5.74) is 2.39. The summed E-state index contributed by atoms with van der Waals surface area (Å²) < 4.78 is 18.8. The lowest BCUT2D eigenvalue weighted by Gasteiger charge is -2.17. The van der Waals surface area contributed by atoms with E-state index in [-0.39, 0.29) is 17.9 Å². The standard InChI is InChI=1S/C19H19ClFN3O/c1-11-10-15(6-9-17(11)21)18-23-19(25-24-18)13(3)22-12(2)14-4-7-16(20)8-5-14/h4-10,12-13,22H,1-3H3. The Balaban J connectivity index is 1.72. The number of halogens is 2. The highest BCUT2D eigenvalue weighted by Crippen LogP contribution is 2.23. The van der Waals surface area contributed by atoms with Gasteiger partial charge in [-0.15, -0.1) is 0 Å². The van der Waals surface area contributed by atoms with Gasteiger partial charge in [0.2, 0.25) is 11.7 Å². The summed E-state index contributed by atoms with van der Waals surface area (Å²) in [6, 6.07) is 12.4. The first-order valence-electron chi connectivity index (χ1n) is 8.05. The Morgan fingerprint density at radius 1 is 1.08 bits per heavy atom. The van der Waals surface area contributed by atoms with Gasteiger partial charge in [-0.25, -0.2) is 4.39 Å². The molecule has 1 N–H and O–H groups in total. The Kier molecular flexibility index (Phi) is 5.16. The number of aryl methyl sites for hydroxylation is 1. The molecule has 0 aliphatic rings. The van der Waals surface area contributed by atoms with Crippen molar-refractivity contribution in [1.29, 1.82) is 0 Å². The van der Waals surface area contributed by atoms with Crippen LogP contribution in [0.15, 0.2) is 47.0 Å². The van der Waals surface area contributed by atoms with Crippen molar-refractivity contribution in [2.45, 2.75) is 32.9 Å². The molecule has 2 unspecified atom stereocenters. The average molecular weight is 360 g/mol. The summed E-state index contributed by atoms with van der Waals surface area (Å²) in [7, 11) is 0. The molecule has 4 nitrogen and oxygen atoms in total. The highest BCUT2D eigenvalue weighted by atomic mass is 35.5. The molecule has 0 radical (unpaired) electrons. The lowest BCUT2D eigenvalue weighted by Crippen LogP contribution is -2.22. The van der Waals surface area contributed by atoms with Gasteiger partial charge < -0.3 is 4.52 Å². The third kappa shape index (κ3) is 4.06. The van der Waals surface area contributed by atoms with E-state index in [4.69, 9.17) is 16.1 Å². The van der Waals surface area contributed by atoms with E-state index >= 15 is 0 Å². The second-order valence-electron chi connectivity index (χ2n) is 6.08. The van der Waals surface area contributed by atoms with Crippen LogP contribution in [-0.4, -0.2) is 10.1 Å². The first kappa shape index (κ1) is 17.6. The van der Waals surface area contributed by atoms with Gasteiger partial charge in [-0.1, -0.05) is 28.9 Å². The van der Waals surface area contributed by atoms with Crippen LogP contribution in [0.4, 0.5) is 4.39 Å². The van der Waals surface area contributed by atoms with Crippen LogP contribution in [-0.2, 0) is 0 Å². The monoisotopic (exact) mass is 359 g/mol. The number of nitrogens with one attached hydrogen (secondary N) is 1. The fourth-order valence-electron chi connectivity index (χ4n) is 2.61. The number of hydrogen-bond acceptors (Lipinski definition) is 4. The van der Waals surface area contributed by atoms with Gasteiger partial charge in [0.05, 0.1) is 6.04 Å². The molecule has 0 amide bonds. The zero-order valence-electron chi connectivity index (χ0n) is 14.3. The van der Waals surface area contributed by atoms with Crippen LogP contribution in [0.25, 0.3) is 11.4 Å². The first-order chi connectivity index (χ1) is 11.9. The molecule has 1 heterocycles. The predicted molar refractivity (Wildman–Crippen MR) is 95.8 cm³/mol. The van der Waals surface area contributed by atoms with E-state index in [0.29, 0.717) is 22.3 Å². The molecule has 0 aliphatic heterocycles. The van der Waals surface area contributed by atoms with Gasteiger partial charge in [-0.3, -0.25) is 5.32 Å². The lowest BCUT2D eigenvalue weighted by molar-refractivity contribution is 0.328. The number of benzene rings is 2. The molecule has 0 saturated carbocycles. The highest BCUT2D eigenvalue weighted by Gasteiger charge is 2.18. The normalized spacial score (nSPS) is 13.6. The van der Waals surface area contributed by atoms with Crippen molar-refractivity contribution in [3.05, 3.63) is 70.3 Å². The molecule has 1 aromatic heterocycles. The van der Waals surface area contributed by atoms with Gasteiger partial charge in [0.25, 0.3) is 0 Å². The summed E-state index contributed by atoms with van der Waals surface area (Å²) in [5.74, 6) is 0.683. The summed E-state index contributed by atoms with van der Waals surface area (Å²) in [4.78, 5) is 4.43. The second kappa shape index (κ2) is 7.33. The fourth-order valence-corrected chi connectivity index (χ4v) is 2.73. The Bertz CT molecular complexity index is 863. The molecule has 2 aromatic carbocycles. The SMILES string of the molecule is Cc1cc(-c2noc(C(C)NC(C)c3ccc(Cl)cc3)n2)ccc1F. The number of aromatic nitrogens is 2. The second-order valence-corrected chi connectivity index (χ2v) is 6.52. The van der Waals surface area contributed by atoms with Gasteiger partial charge in [-0.05, 0) is 62.2 Å². The average Bonchev–Trinajstić information content (AvgIpc) is 3.08. The maximum Gasteiger partial charge on any atom is 0.243 e. The van der Waals surface area contributed by atoms with E-state index in [1.54, 1.807) is 19.1 Å². The van der Waals surface area contributed by atoms with Gasteiger partial charge in [0.1, 0.15) is 5.82 Å². The van der Waals surface area contributed by atoms with Crippen molar-refractivity contribution in [3.8, 4) is 11.4 Å². The molecule has 130 valence electrons. The van der Waals surface area contributed by atoms with Gasteiger partial charge >= 0.3 is 0 Å². The van der Waals surface area contributed by atoms with E-state index < -0.39 is 0 Å². The smallest absolute Gasteiger partial charge is 0.243 e. The largest absolute Gasteiger partial charge is 0.337 e. The molecular formula is C19H19ClFN3O. The van der Waals surface area contributed by atoms with E-state index in [1.165, 1.54) is 6.07 Å². The zero-order valence-corrected chi connectivity index (χ0v) is 15.0. The van der Waals surface area contributed by atoms with Crippen LogP contribution in [0.1, 0.15) is 42.9 Å². The minimum absolute atomic E-state index is 0.0932. The lowest BCUT2D eigenvalue weighted by atomic mass is 10.1. The van der Waals surface area contributed by atoms with Crippen LogP contribution >= 0.6 is 11.6 Å². The number of hydrogen-bond donors (Lipinski definition) is 1. The summed E-state index contributed by atoms with van der Waals surface area (Å²) in [5, 5.41) is 8.13. The van der Waals surface area contributed by atoms with Crippen LogP contribution in [0, 0.1) is 12.7 Å². The summed E-state index contributed by atoms with van der Waals surface area (Å²) in [6.45, 7) is 5.72. The van der Waals surface area contributed by atoms with Crippen molar-refractivity contribution in [2.75, 3.05) is 0 Å². The third-order valence-electron chi connectivity index (χ3n) is 4.10. The highest BCUT2D eigenvalue weighted by molar-refractivity contribution is 6.30. The molecule has 3 rings (SSSR count). The molecule has 25 heavy (non-hydrogen) atoms. The molecule has 6 heteroatoms. The van der Waals surface area contributed by atoms with E-state index in [0.717, 1.165) is 11.1 Å². The zero-order chi connectivity index (χ0) is 18.0. The van der Waals surface area contributed by atoms with Crippen molar-refractivity contribution < 1.29 is 8.91 Å². The van der Waals surface area contributed by atoms with Crippen LogP contribution in [0.2, 0.25) is 5.02 Å². The quantitative estimate of drug-likeness (QED) is 0.676. The molecule has 0 aliphatic carbocycles. The van der Waals surface area contributed by atoms with E-state index in [1.807, 2.05) is 31.2 Å². The Morgan fingerprint density at radius 3 is 2.48 bits per heavy atom.